The number of ketones is 1. The molecule has 0 unspecified atom stereocenters. The Kier molecular flexibility index (Phi) is 7.40. The Morgan fingerprint density at radius 1 is 0.917 bits per heavy atom. The number of benzene rings is 2. The van der Waals surface area contributed by atoms with Crippen molar-refractivity contribution in [1.29, 1.82) is 0 Å². The average Bonchev–Trinajstić information content (AvgIpc) is 3.31. The van der Waals surface area contributed by atoms with Gasteiger partial charge in [0.05, 0.1) is 26.0 Å². The van der Waals surface area contributed by atoms with E-state index in [1.165, 1.54) is 0 Å². The summed E-state index contributed by atoms with van der Waals surface area (Å²) in [6.45, 7) is 4.99. The first-order valence-electron chi connectivity index (χ1n) is 12.2. The van der Waals surface area contributed by atoms with Crippen LogP contribution in [0.2, 0.25) is 0 Å². The lowest BCUT2D eigenvalue weighted by Crippen LogP contribution is -2.37. The van der Waals surface area contributed by atoms with E-state index >= 15 is 0 Å². The van der Waals surface area contributed by atoms with Gasteiger partial charge in [0.1, 0.15) is 11.4 Å². The molecule has 36 heavy (non-hydrogen) atoms. The highest BCUT2D eigenvalue weighted by Gasteiger charge is 2.25. The van der Waals surface area contributed by atoms with Gasteiger partial charge in [-0.15, -0.1) is 0 Å². The number of pyridine rings is 1. The van der Waals surface area contributed by atoms with Gasteiger partial charge in [-0.2, -0.15) is 0 Å². The van der Waals surface area contributed by atoms with Gasteiger partial charge in [0.2, 0.25) is 0 Å². The standard InChI is InChI=1S/C29H29N3O4/c33-28(29(34)30-23-10-5-2-6-11-23)27-26(22-8-3-1-4-9-22)20-24-12-13-25(21-32(24)27)36-17-7-14-31-15-18-35-19-16-31/h1-6,8-13,20-21H,7,14-19H2,(H,30,34). The van der Waals surface area contributed by atoms with Crippen LogP contribution in [0, 0.1) is 0 Å². The summed E-state index contributed by atoms with van der Waals surface area (Å²) in [5.41, 5.74) is 3.26. The second-order valence-corrected chi connectivity index (χ2v) is 8.74. The normalized spacial score (nSPS) is 14.0. The fourth-order valence-corrected chi connectivity index (χ4v) is 4.42. The number of para-hydroxylation sites is 1. The Morgan fingerprint density at radius 3 is 2.39 bits per heavy atom. The summed E-state index contributed by atoms with van der Waals surface area (Å²) in [6, 6.07) is 24.3. The van der Waals surface area contributed by atoms with Crippen LogP contribution >= 0.6 is 0 Å². The van der Waals surface area contributed by atoms with Crippen LogP contribution in [0.3, 0.4) is 0 Å². The van der Waals surface area contributed by atoms with Gasteiger partial charge in [0.15, 0.2) is 0 Å². The molecule has 1 fully saturated rings. The lowest BCUT2D eigenvalue weighted by molar-refractivity contribution is -0.112. The zero-order chi connectivity index (χ0) is 24.7. The molecule has 1 amide bonds. The molecule has 2 aromatic carbocycles. The molecule has 0 atom stereocenters. The van der Waals surface area contributed by atoms with Crippen LogP contribution in [0.15, 0.2) is 85.1 Å². The molecule has 0 radical (unpaired) electrons. The molecule has 1 N–H and O–H groups in total. The van der Waals surface area contributed by atoms with Crippen molar-refractivity contribution in [3.05, 3.63) is 90.8 Å². The second kappa shape index (κ2) is 11.2. The predicted octanol–water partition coefficient (Wildman–Crippen LogP) is 4.53. The third kappa shape index (κ3) is 5.48. The molecule has 7 nitrogen and oxygen atoms in total. The summed E-state index contributed by atoms with van der Waals surface area (Å²) >= 11 is 0. The van der Waals surface area contributed by atoms with Crippen molar-refractivity contribution in [2.24, 2.45) is 0 Å². The van der Waals surface area contributed by atoms with Crippen molar-refractivity contribution in [3.63, 3.8) is 0 Å². The molecule has 1 aliphatic rings. The van der Waals surface area contributed by atoms with Crippen LogP contribution in [0.5, 0.6) is 5.75 Å². The van der Waals surface area contributed by atoms with E-state index in [2.05, 4.69) is 10.2 Å². The number of nitrogens with zero attached hydrogens (tertiary/aromatic N) is 2. The maximum Gasteiger partial charge on any atom is 0.298 e. The minimum atomic E-state index is -0.685. The van der Waals surface area contributed by atoms with Gasteiger partial charge in [0.25, 0.3) is 11.7 Å². The smallest absolute Gasteiger partial charge is 0.298 e. The maximum atomic E-state index is 13.5. The Bertz CT molecular complexity index is 1330. The Hall–Kier alpha value is -3.94. The zero-order valence-corrected chi connectivity index (χ0v) is 20.1. The van der Waals surface area contributed by atoms with E-state index in [1.54, 1.807) is 22.7 Å². The van der Waals surface area contributed by atoms with Crippen LogP contribution in [-0.4, -0.2) is 60.4 Å². The number of amides is 1. The number of hydrogen-bond acceptors (Lipinski definition) is 5. The van der Waals surface area contributed by atoms with Crippen molar-refractivity contribution in [2.75, 3.05) is 44.8 Å². The number of fused-ring (bicyclic) bond motifs is 1. The van der Waals surface area contributed by atoms with E-state index in [4.69, 9.17) is 9.47 Å². The summed E-state index contributed by atoms with van der Waals surface area (Å²) in [4.78, 5) is 28.8. The third-order valence-corrected chi connectivity index (χ3v) is 6.27. The number of nitrogens with one attached hydrogen (secondary N) is 1. The highest BCUT2D eigenvalue weighted by atomic mass is 16.5. The lowest BCUT2D eigenvalue weighted by Gasteiger charge is -2.26. The topological polar surface area (TPSA) is 72.3 Å². The maximum absolute atomic E-state index is 13.5. The van der Waals surface area contributed by atoms with E-state index < -0.39 is 11.7 Å². The van der Waals surface area contributed by atoms with Gasteiger partial charge in [-0.05, 0) is 42.3 Å². The number of aromatic nitrogens is 1. The molecule has 3 heterocycles. The monoisotopic (exact) mass is 483 g/mol. The molecule has 2 aromatic heterocycles. The van der Waals surface area contributed by atoms with Crippen molar-refractivity contribution < 1.29 is 19.1 Å². The molecule has 0 spiro atoms. The first-order chi connectivity index (χ1) is 17.7. The van der Waals surface area contributed by atoms with Gasteiger partial charge in [-0.1, -0.05) is 48.5 Å². The van der Waals surface area contributed by atoms with Crippen LogP contribution < -0.4 is 10.1 Å². The Balaban J connectivity index is 1.39. The number of ether oxygens (including phenoxy) is 2. The van der Waals surface area contributed by atoms with E-state index in [0.717, 1.165) is 50.3 Å². The predicted molar refractivity (Wildman–Crippen MR) is 140 cm³/mol. The number of morpholine rings is 1. The minimum Gasteiger partial charge on any atom is -0.492 e. The third-order valence-electron chi connectivity index (χ3n) is 6.27. The van der Waals surface area contributed by atoms with E-state index in [1.807, 2.05) is 66.7 Å². The quantitative estimate of drug-likeness (QED) is 0.215. The second-order valence-electron chi connectivity index (χ2n) is 8.74. The summed E-state index contributed by atoms with van der Waals surface area (Å²) in [5, 5.41) is 2.71. The van der Waals surface area contributed by atoms with Gasteiger partial charge in [-0.25, -0.2) is 0 Å². The van der Waals surface area contributed by atoms with E-state index in [-0.39, 0.29) is 0 Å². The molecule has 7 heteroatoms. The molecule has 0 bridgehead atoms. The van der Waals surface area contributed by atoms with Crippen molar-refractivity contribution in [2.45, 2.75) is 6.42 Å². The molecule has 4 aromatic rings. The number of hydrogen-bond donors (Lipinski definition) is 1. The van der Waals surface area contributed by atoms with Gasteiger partial charge in [0, 0.05) is 36.4 Å². The number of Topliss-reactive ketones (excluding diaryl/α,β-unsaturated/α-hetero) is 1. The van der Waals surface area contributed by atoms with Crippen molar-refractivity contribution in [3.8, 4) is 16.9 Å². The number of anilines is 1. The number of rotatable bonds is 9. The van der Waals surface area contributed by atoms with Crippen molar-refractivity contribution in [1.82, 2.24) is 9.30 Å². The van der Waals surface area contributed by atoms with E-state index in [0.29, 0.717) is 29.3 Å². The van der Waals surface area contributed by atoms with Gasteiger partial charge in [-0.3, -0.25) is 14.5 Å². The molecular formula is C29H29N3O4. The number of carbonyl (C=O) groups is 2. The lowest BCUT2D eigenvalue weighted by atomic mass is 10.0. The summed E-state index contributed by atoms with van der Waals surface area (Å²) < 4.78 is 13.2. The van der Waals surface area contributed by atoms with Crippen LogP contribution in [0.4, 0.5) is 5.69 Å². The molecule has 0 saturated carbocycles. The molecule has 184 valence electrons. The largest absolute Gasteiger partial charge is 0.492 e. The van der Waals surface area contributed by atoms with Crippen LogP contribution in [-0.2, 0) is 9.53 Å². The first kappa shape index (κ1) is 23.8. The minimum absolute atomic E-state index is 0.309. The Labute approximate surface area is 210 Å². The molecule has 5 rings (SSSR count). The molecule has 0 aliphatic carbocycles. The highest BCUT2D eigenvalue weighted by Crippen LogP contribution is 2.30. The summed E-state index contributed by atoms with van der Waals surface area (Å²) in [6.07, 6.45) is 2.68. The SMILES string of the molecule is O=C(Nc1ccccc1)C(=O)c1c(-c2ccccc2)cc2ccc(OCCCN3CCOCC3)cn12. The first-order valence-corrected chi connectivity index (χ1v) is 12.2. The molecule has 1 saturated heterocycles. The highest BCUT2D eigenvalue weighted by molar-refractivity contribution is 6.47. The van der Waals surface area contributed by atoms with E-state index in [9.17, 15) is 9.59 Å². The Morgan fingerprint density at radius 2 is 1.64 bits per heavy atom. The number of carbonyl (C=O) groups excluding carboxylic acids is 2. The summed E-state index contributed by atoms with van der Waals surface area (Å²) in [5.74, 6) is -0.644. The van der Waals surface area contributed by atoms with Crippen molar-refractivity contribution >= 4 is 22.9 Å². The molecular weight excluding hydrogens is 454 g/mol. The van der Waals surface area contributed by atoms with Gasteiger partial charge >= 0.3 is 0 Å². The average molecular weight is 484 g/mol. The zero-order valence-electron chi connectivity index (χ0n) is 20.1. The fraction of sp³-hybridized carbons (Fsp3) is 0.241. The van der Waals surface area contributed by atoms with Gasteiger partial charge < -0.3 is 19.2 Å². The molecule has 1 aliphatic heterocycles. The van der Waals surface area contributed by atoms with Crippen LogP contribution in [0.25, 0.3) is 16.6 Å². The van der Waals surface area contributed by atoms with Crippen LogP contribution in [0.1, 0.15) is 16.9 Å². The summed E-state index contributed by atoms with van der Waals surface area (Å²) in [7, 11) is 0. The fourth-order valence-electron chi connectivity index (χ4n) is 4.42.